The number of aliphatic carboxylic acids is 1. The van der Waals surface area contributed by atoms with Crippen molar-refractivity contribution in [2.24, 2.45) is 0 Å². The first-order valence-electron chi connectivity index (χ1n) is 4.38. The van der Waals surface area contributed by atoms with Crippen molar-refractivity contribution in [3.8, 4) is 0 Å². The number of carboxylic acids is 1. The van der Waals surface area contributed by atoms with E-state index in [9.17, 15) is 4.79 Å². The van der Waals surface area contributed by atoms with Crippen molar-refractivity contribution in [1.82, 2.24) is 4.90 Å². The van der Waals surface area contributed by atoms with Crippen molar-refractivity contribution in [1.29, 1.82) is 0 Å². The molecular weight excluding hydrogens is 214 g/mol. The molecule has 3 nitrogen and oxygen atoms in total. The van der Waals surface area contributed by atoms with Crippen molar-refractivity contribution in [3.05, 3.63) is 41.1 Å². The minimum Gasteiger partial charge on any atom is -0.478 e. The van der Waals surface area contributed by atoms with Crippen molar-refractivity contribution < 1.29 is 9.90 Å². The molecule has 0 aliphatic heterocycles. The van der Waals surface area contributed by atoms with Crippen LogP contribution in [0, 0.1) is 0 Å². The van der Waals surface area contributed by atoms with Gasteiger partial charge in [-0.1, -0.05) is 23.7 Å². The fourth-order valence-corrected chi connectivity index (χ4v) is 1.27. The van der Waals surface area contributed by atoms with Gasteiger partial charge in [-0.05, 0) is 17.7 Å². The summed E-state index contributed by atoms with van der Waals surface area (Å²) in [6, 6.07) is 6.71. The van der Waals surface area contributed by atoms with Gasteiger partial charge in [0.05, 0.1) is 5.57 Å². The Morgan fingerprint density at radius 2 is 1.87 bits per heavy atom. The van der Waals surface area contributed by atoms with Gasteiger partial charge >= 0.3 is 5.97 Å². The van der Waals surface area contributed by atoms with E-state index in [0.29, 0.717) is 10.6 Å². The molecular formula is C11H12ClNO2. The molecule has 0 atom stereocenters. The van der Waals surface area contributed by atoms with Crippen LogP contribution in [0.15, 0.2) is 30.5 Å². The third-order valence-corrected chi connectivity index (χ3v) is 2.02. The summed E-state index contributed by atoms with van der Waals surface area (Å²) in [6.45, 7) is 0. The second kappa shape index (κ2) is 4.84. The van der Waals surface area contributed by atoms with Gasteiger partial charge in [0.2, 0.25) is 0 Å². The molecule has 0 aliphatic carbocycles. The Hall–Kier alpha value is -1.48. The van der Waals surface area contributed by atoms with E-state index in [1.807, 2.05) is 0 Å². The molecule has 4 heteroatoms. The normalized spacial score (nSPS) is 11.3. The molecule has 0 aromatic heterocycles. The Bertz CT molecular complexity index is 382. The minimum atomic E-state index is -0.953. The molecule has 1 rings (SSSR count). The number of hydrogen-bond donors (Lipinski definition) is 1. The third-order valence-electron chi connectivity index (χ3n) is 1.77. The van der Waals surface area contributed by atoms with Crippen LogP contribution >= 0.6 is 11.6 Å². The number of carboxylic acid groups (broad SMARTS) is 1. The Morgan fingerprint density at radius 3 is 2.27 bits per heavy atom. The molecule has 0 saturated heterocycles. The maximum Gasteiger partial charge on any atom is 0.337 e. The lowest BCUT2D eigenvalue weighted by Crippen LogP contribution is -2.08. The quantitative estimate of drug-likeness (QED) is 0.803. The molecule has 0 saturated carbocycles. The summed E-state index contributed by atoms with van der Waals surface area (Å²) in [7, 11) is 3.55. The molecule has 0 amide bonds. The summed E-state index contributed by atoms with van der Waals surface area (Å²) in [6.07, 6.45) is 1.56. The zero-order valence-electron chi connectivity index (χ0n) is 8.57. The van der Waals surface area contributed by atoms with Crippen molar-refractivity contribution in [3.63, 3.8) is 0 Å². The molecule has 0 bridgehead atoms. The van der Waals surface area contributed by atoms with Crippen LogP contribution in [0.4, 0.5) is 0 Å². The van der Waals surface area contributed by atoms with E-state index in [1.165, 1.54) is 0 Å². The molecule has 1 aromatic rings. The fourth-order valence-electron chi connectivity index (χ4n) is 1.14. The van der Waals surface area contributed by atoms with E-state index < -0.39 is 5.97 Å². The topological polar surface area (TPSA) is 40.5 Å². The Kier molecular flexibility index (Phi) is 3.74. The molecule has 0 heterocycles. The van der Waals surface area contributed by atoms with Gasteiger partial charge in [-0.15, -0.1) is 0 Å². The molecule has 1 N–H and O–H groups in total. The molecule has 0 radical (unpaired) electrons. The Balaban J connectivity index is 3.11. The SMILES string of the molecule is CN(C)C=C(C(=O)O)c1ccc(Cl)cc1. The number of halogens is 1. The maximum absolute atomic E-state index is 11.0. The van der Waals surface area contributed by atoms with Crippen LogP contribution in [-0.4, -0.2) is 30.1 Å². The van der Waals surface area contributed by atoms with E-state index in [1.54, 1.807) is 49.5 Å². The summed E-state index contributed by atoms with van der Waals surface area (Å²) >= 11 is 5.72. The van der Waals surface area contributed by atoms with Gasteiger partial charge in [0, 0.05) is 25.3 Å². The van der Waals surface area contributed by atoms with Crippen LogP contribution in [0.5, 0.6) is 0 Å². The average Bonchev–Trinajstić information content (AvgIpc) is 2.15. The summed E-state index contributed by atoms with van der Waals surface area (Å²) < 4.78 is 0. The van der Waals surface area contributed by atoms with Crippen LogP contribution in [0.3, 0.4) is 0 Å². The largest absolute Gasteiger partial charge is 0.478 e. The number of rotatable bonds is 3. The van der Waals surface area contributed by atoms with Gasteiger partial charge in [0.1, 0.15) is 0 Å². The lowest BCUT2D eigenvalue weighted by molar-refractivity contribution is -0.130. The highest BCUT2D eigenvalue weighted by Crippen LogP contribution is 2.18. The highest BCUT2D eigenvalue weighted by atomic mass is 35.5. The molecule has 0 fully saturated rings. The van der Waals surface area contributed by atoms with Gasteiger partial charge in [-0.2, -0.15) is 0 Å². The van der Waals surface area contributed by atoms with E-state index in [4.69, 9.17) is 16.7 Å². The van der Waals surface area contributed by atoms with Crippen molar-refractivity contribution in [2.45, 2.75) is 0 Å². The van der Waals surface area contributed by atoms with Gasteiger partial charge in [-0.25, -0.2) is 4.79 Å². The summed E-state index contributed by atoms with van der Waals surface area (Å²) in [5, 5.41) is 9.61. The molecule has 0 spiro atoms. The predicted molar refractivity (Wildman–Crippen MR) is 60.8 cm³/mol. The fraction of sp³-hybridized carbons (Fsp3) is 0.182. The van der Waals surface area contributed by atoms with Gasteiger partial charge in [-0.3, -0.25) is 0 Å². The molecule has 0 aliphatic rings. The van der Waals surface area contributed by atoms with E-state index >= 15 is 0 Å². The minimum absolute atomic E-state index is 0.247. The van der Waals surface area contributed by atoms with Crippen molar-refractivity contribution in [2.75, 3.05) is 14.1 Å². The zero-order valence-corrected chi connectivity index (χ0v) is 9.32. The van der Waals surface area contributed by atoms with Crippen molar-refractivity contribution >= 4 is 23.1 Å². The number of benzene rings is 1. The van der Waals surface area contributed by atoms with Gasteiger partial charge in [0.25, 0.3) is 0 Å². The highest BCUT2D eigenvalue weighted by molar-refractivity contribution is 6.30. The van der Waals surface area contributed by atoms with Crippen LogP contribution in [0.1, 0.15) is 5.56 Å². The first-order chi connectivity index (χ1) is 7.00. The third kappa shape index (κ3) is 3.29. The van der Waals surface area contributed by atoms with Crippen LogP contribution < -0.4 is 0 Å². The molecule has 80 valence electrons. The smallest absolute Gasteiger partial charge is 0.337 e. The summed E-state index contributed by atoms with van der Waals surface area (Å²) in [5.41, 5.74) is 0.886. The highest BCUT2D eigenvalue weighted by Gasteiger charge is 2.10. The van der Waals surface area contributed by atoms with E-state index in [0.717, 1.165) is 0 Å². The zero-order chi connectivity index (χ0) is 11.4. The average molecular weight is 226 g/mol. The van der Waals surface area contributed by atoms with Crippen LogP contribution in [0.2, 0.25) is 5.02 Å². The van der Waals surface area contributed by atoms with E-state index in [2.05, 4.69) is 0 Å². The van der Waals surface area contributed by atoms with Crippen LogP contribution in [0.25, 0.3) is 5.57 Å². The first-order valence-corrected chi connectivity index (χ1v) is 4.76. The van der Waals surface area contributed by atoms with E-state index in [-0.39, 0.29) is 5.57 Å². The Labute approximate surface area is 93.6 Å². The monoisotopic (exact) mass is 225 g/mol. The van der Waals surface area contributed by atoms with Gasteiger partial charge < -0.3 is 10.0 Å². The van der Waals surface area contributed by atoms with Crippen LogP contribution in [-0.2, 0) is 4.79 Å². The number of carbonyl (C=O) groups is 1. The Morgan fingerprint density at radius 1 is 1.33 bits per heavy atom. The first kappa shape index (κ1) is 11.6. The second-order valence-electron chi connectivity index (χ2n) is 3.32. The summed E-state index contributed by atoms with van der Waals surface area (Å²) in [4.78, 5) is 12.7. The lowest BCUT2D eigenvalue weighted by atomic mass is 10.1. The summed E-state index contributed by atoms with van der Waals surface area (Å²) in [5.74, 6) is -0.953. The standard InChI is InChI=1S/C11H12ClNO2/c1-13(2)7-10(11(14)15)8-3-5-9(12)6-4-8/h3-7H,1-2H3,(H,14,15). The lowest BCUT2D eigenvalue weighted by Gasteiger charge is -2.08. The maximum atomic E-state index is 11.0. The molecule has 1 aromatic carbocycles. The predicted octanol–water partition coefficient (Wildman–Crippen LogP) is 2.33. The second-order valence-corrected chi connectivity index (χ2v) is 3.75. The molecule has 15 heavy (non-hydrogen) atoms. The molecule has 0 unspecified atom stereocenters. The number of nitrogens with zero attached hydrogens (tertiary/aromatic N) is 1. The van der Waals surface area contributed by atoms with Gasteiger partial charge in [0.15, 0.2) is 0 Å². The number of hydrogen-bond acceptors (Lipinski definition) is 2.